The zero-order valence-corrected chi connectivity index (χ0v) is 31.6. The van der Waals surface area contributed by atoms with Crippen LogP contribution in [-0.2, 0) is 17.9 Å². The molecule has 2 saturated heterocycles. The molecule has 2 aliphatic heterocycles. The molecule has 2 heterocycles. The zero-order chi connectivity index (χ0) is 37.9. The highest BCUT2D eigenvalue weighted by molar-refractivity contribution is 5.93. The molecule has 3 aromatic rings. The van der Waals surface area contributed by atoms with E-state index in [9.17, 15) is 14.4 Å². The number of amides is 4. The number of rotatable bonds is 14. The van der Waals surface area contributed by atoms with Crippen LogP contribution in [-0.4, -0.2) is 104 Å². The predicted octanol–water partition coefficient (Wildman–Crippen LogP) is 5.64. The van der Waals surface area contributed by atoms with Gasteiger partial charge in [-0.05, 0) is 88.4 Å². The minimum Gasteiger partial charge on any atom is -0.316 e. The molecule has 286 valence electrons. The summed E-state index contributed by atoms with van der Waals surface area (Å²) in [6.45, 7) is 13.5. The van der Waals surface area contributed by atoms with Crippen molar-refractivity contribution in [2.24, 2.45) is 0 Å². The fourth-order valence-corrected chi connectivity index (χ4v) is 8.24. The maximum Gasteiger partial charge on any atom is 0.322 e. The number of carbonyl (C=O) groups is 3. The molecule has 0 aromatic heterocycles. The normalized spacial score (nSPS) is 22.7. The number of hydroxylamine groups is 2. The molecule has 1 unspecified atom stereocenters. The first-order valence-corrected chi connectivity index (χ1v) is 18.9. The average Bonchev–Trinajstić information content (AvgIpc) is 3.15. The molecule has 5 rings (SSSR count). The second-order valence-corrected chi connectivity index (χ2v) is 14.9. The van der Waals surface area contributed by atoms with E-state index in [4.69, 9.17) is 10.4 Å². The molecular weight excluding hydrogens is 670 g/mol. The van der Waals surface area contributed by atoms with Gasteiger partial charge >= 0.3 is 6.03 Å². The van der Waals surface area contributed by atoms with E-state index in [0.29, 0.717) is 31.1 Å². The molecule has 53 heavy (non-hydrogen) atoms. The monoisotopic (exact) mass is 727 g/mol. The van der Waals surface area contributed by atoms with Gasteiger partial charge in [0.05, 0.1) is 0 Å². The van der Waals surface area contributed by atoms with Crippen LogP contribution in [0.5, 0.6) is 0 Å². The lowest BCUT2D eigenvalue weighted by Gasteiger charge is -2.53. The van der Waals surface area contributed by atoms with Gasteiger partial charge in [-0.1, -0.05) is 67.1 Å². The lowest BCUT2D eigenvalue weighted by atomic mass is 9.90. The van der Waals surface area contributed by atoms with Gasteiger partial charge in [-0.15, -0.1) is 0 Å². The second-order valence-electron chi connectivity index (χ2n) is 14.9. The first-order valence-electron chi connectivity index (χ1n) is 18.9. The number of benzene rings is 3. The Morgan fingerprint density at radius 1 is 0.755 bits per heavy atom. The maximum atomic E-state index is 14.1. The van der Waals surface area contributed by atoms with E-state index in [1.807, 2.05) is 48.2 Å². The minimum absolute atomic E-state index is 0.0293. The van der Waals surface area contributed by atoms with Crippen molar-refractivity contribution in [1.29, 1.82) is 0 Å². The molecule has 0 spiro atoms. The highest BCUT2D eigenvalue weighted by Gasteiger charge is 2.43. The average molecular weight is 728 g/mol. The summed E-state index contributed by atoms with van der Waals surface area (Å²) < 4.78 is 0. The third-order valence-electron chi connectivity index (χ3n) is 11.0. The van der Waals surface area contributed by atoms with Crippen LogP contribution >= 0.6 is 0 Å². The van der Waals surface area contributed by atoms with Gasteiger partial charge in [0.25, 0.3) is 5.91 Å². The van der Waals surface area contributed by atoms with Gasteiger partial charge in [0.1, 0.15) is 0 Å². The third-order valence-corrected chi connectivity index (χ3v) is 11.0. The Labute approximate surface area is 314 Å². The number of para-hydroxylation sites is 1. The number of piperazine rings is 2. The fourth-order valence-electron chi connectivity index (χ4n) is 8.24. The van der Waals surface area contributed by atoms with Gasteiger partial charge in [-0.3, -0.25) is 29.8 Å². The van der Waals surface area contributed by atoms with Gasteiger partial charge in [0.2, 0.25) is 5.91 Å². The topological polar surface area (TPSA) is 141 Å². The molecule has 5 N–H and O–H groups in total. The first kappa shape index (κ1) is 39.9. The Hall–Kier alpha value is -4.33. The van der Waals surface area contributed by atoms with Crippen LogP contribution in [0.2, 0.25) is 0 Å². The summed E-state index contributed by atoms with van der Waals surface area (Å²) in [5, 5.41) is 21.2. The summed E-state index contributed by atoms with van der Waals surface area (Å²) in [6.07, 6.45) is 3.78. The summed E-state index contributed by atoms with van der Waals surface area (Å²) in [5.74, 6) is -0.892. The lowest BCUT2D eigenvalue weighted by molar-refractivity contribution is -0.129. The molecule has 5 atom stereocenters. The molecule has 2 aliphatic rings. The zero-order valence-electron chi connectivity index (χ0n) is 31.6. The number of nitrogens with zero attached hydrogens (tertiary/aromatic N) is 4. The van der Waals surface area contributed by atoms with Gasteiger partial charge in [-0.25, -0.2) is 15.8 Å². The summed E-state index contributed by atoms with van der Waals surface area (Å²) in [5.41, 5.74) is 7.97. The van der Waals surface area contributed by atoms with Crippen molar-refractivity contribution in [2.75, 3.05) is 31.5 Å². The molecule has 0 radical (unpaired) electrons. The summed E-state index contributed by atoms with van der Waals surface area (Å²) in [6, 6.07) is 26.1. The fraction of sp³-hybridized carbons (Fsp3) is 0.488. The molecule has 12 heteroatoms. The van der Waals surface area contributed by atoms with E-state index < -0.39 is 5.91 Å². The van der Waals surface area contributed by atoms with E-state index in [0.717, 1.165) is 68.7 Å². The van der Waals surface area contributed by atoms with E-state index in [1.165, 1.54) is 5.56 Å². The molecule has 12 nitrogen and oxygen atoms in total. The largest absolute Gasteiger partial charge is 0.322 e. The second kappa shape index (κ2) is 19.1. The van der Waals surface area contributed by atoms with Crippen LogP contribution in [0.3, 0.4) is 0 Å². The quantitative estimate of drug-likeness (QED) is 0.0817. The minimum atomic E-state index is -0.546. The highest BCUT2D eigenvalue weighted by atomic mass is 16.5. The number of anilines is 1. The summed E-state index contributed by atoms with van der Waals surface area (Å²) in [4.78, 5) is 47.4. The molecule has 0 saturated carbocycles. The molecule has 4 amide bonds. The Morgan fingerprint density at radius 2 is 1.45 bits per heavy atom. The van der Waals surface area contributed by atoms with Crippen LogP contribution < -0.4 is 16.3 Å². The maximum absolute atomic E-state index is 14.1. The highest BCUT2D eigenvalue weighted by Crippen LogP contribution is 2.32. The van der Waals surface area contributed by atoms with Crippen molar-refractivity contribution in [3.63, 3.8) is 0 Å². The number of urea groups is 1. The number of nitrogens with one attached hydrogen (secondary N) is 3. The van der Waals surface area contributed by atoms with E-state index in [1.54, 1.807) is 23.1 Å². The molecule has 2 fully saturated rings. The lowest BCUT2D eigenvalue weighted by Crippen LogP contribution is -2.66. The number of aryl methyl sites for hydroxylation is 1. The molecular formula is C41H57N7O5. The van der Waals surface area contributed by atoms with Crippen LogP contribution in [0.15, 0.2) is 78.9 Å². The van der Waals surface area contributed by atoms with Crippen LogP contribution in [0.4, 0.5) is 10.5 Å². The van der Waals surface area contributed by atoms with Gasteiger partial charge in [0.15, 0.2) is 0 Å². The molecule has 3 aromatic carbocycles. The first-order chi connectivity index (χ1) is 25.6. The van der Waals surface area contributed by atoms with Crippen molar-refractivity contribution in [2.45, 2.75) is 103 Å². The summed E-state index contributed by atoms with van der Waals surface area (Å²) >= 11 is 0. The Bertz CT molecular complexity index is 1640. The summed E-state index contributed by atoms with van der Waals surface area (Å²) in [7, 11) is 0. The molecule has 0 aliphatic carbocycles. The van der Waals surface area contributed by atoms with E-state index >= 15 is 0 Å². The van der Waals surface area contributed by atoms with Gasteiger partial charge in [0, 0.05) is 80.6 Å². The Kier molecular flexibility index (Phi) is 14.4. The van der Waals surface area contributed by atoms with Crippen LogP contribution in [0, 0.1) is 6.92 Å². The van der Waals surface area contributed by atoms with Crippen molar-refractivity contribution in [3.05, 3.63) is 101 Å². The van der Waals surface area contributed by atoms with E-state index in [-0.39, 0.29) is 36.1 Å². The number of unbranched alkanes of at least 4 members (excludes halogenated alkanes) is 2. The number of hydrogen-bond acceptors (Lipinski definition) is 8. The Balaban J connectivity index is 1.41. The Morgan fingerprint density at radius 3 is 2.15 bits per heavy atom. The molecule has 0 bridgehead atoms. The standard InChI is InChI=1S/C41H57N7O5/c1-29-13-10-11-16-37(29)42-41(51)48-31(3)25-46(26-34-18-20-35(21-19-34)40(50)44-53)38(32(48)4)23-36-28-45(22-12-6-9-17-39(49)43-52)24-30(2)47(36)27-33-14-7-5-8-15-33/h5,7-8,10-11,13-16,18-21,30-32,36,38,52-53H,6,9,12,17,22-28H2,1-4H3,(H,42,51)(H,43,49)(H,44,50)/t30-,31+,32-,36+,38?/m0/s1. The SMILES string of the molecule is Cc1ccccc1NC(=O)N1[C@H](C)CN(Cc2ccc(C(=O)NO)cc2)C(C[C@@H]2CN(CCCCCC(=O)NO)C[C@H](C)N2Cc2ccccc2)[C@@H]1C. The number of hydrogen-bond donors (Lipinski definition) is 5. The smallest absolute Gasteiger partial charge is 0.316 e. The third kappa shape index (κ3) is 10.6. The van der Waals surface area contributed by atoms with Crippen molar-refractivity contribution >= 4 is 23.5 Å². The van der Waals surface area contributed by atoms with Crippen LogP contribution in [0.1, 0.15) is 79.9 Å². The van der Waals surface area contributed by atoms with Crippen LogP contribution in [0.25, 0.3) is 0 Å². The van der Waals surface area contributed by atoms with Gasteiger partial charge in [-0.2, -0.15) is 0 Å². The van der Waals surface area contributed by atoms with E-state index in [2.05, 4.69) is 71.1 Å². The van der Waals surface area contributed by atoms with Crippen molar-refractivity contribution < 1.29 is 24.8 Å². The van der Waals surface area contributed by atoms with Gasteiger partial charge < -0.3 is 15.1 Å². The van der Waals surface area contributed by atoms with Crippen molar-refractivity contribution in [3.8, 4) is 0 Å². The number of carbonyl (C=O) groups excluding carboxylic acids is 3. The predicted molar refractivity (Wildman–Crippen MR) is 206 cm³/mol. The van der Waals surface area contributed by atoms with Crippen molar-refractivity contribution in [1.82, 2.24) is 30.6 Å².